The van der Waals surface area contributed by atoms with Crippen LogP contribution in [0.15, 0.2) is 95.1 Å². The van der Waals surface area contributed by atoms with E-state index in [4.69, 9.17) is 41.8 Å². The predicted octanol–water partition coefficient (Wildman–Crippen LogP) is 8.64. The summed E-state index contributed by atoms with van der Waals surface area (Å²) in [4.78, 5) is 26.5. The molecule has 4 aromatic carbocycles. The van der Waals surface area contributed by atoms with E-state index in [2.05, 4.69) is 0 Å². The number of hydrogen-bond donors (Lipinski definition) is 0. The number of furan rings is 1. The second kappa shape index (κ2) is 10.6. The maximum Gasteiger partial charge on any atom is 0.348 e. The van der Waals surface area contributed by atoms with Crippen molar-refractivity contribution < 1.29 is 28.2 Å². The van der Waals surface area contributed by atoms with Gasteiger partial charge >= 0.3 is 5.97 Å². The van der Waals surface area contributed by atoms with Gasteiger partial charge in [0.15, 0.2) is 5.76 Å². The molecule has 8 heteroatoms. The number of rotatable bonds is 6. The molecule has 0 unspecified atom stereocenters. The zero-order valence-corrected chi connectivity index (χ0v) is 22.6. The van der Waals surface area contributed by atoms with Crippen molar-refractivity contribution in [1.82, 2.24) is 0 Å². The summed E-state index contributed by atoms with van der Waals surface area (Å²) in [6, 6.07) is 24.3. The van der Waals surface area contributed by atoms with E-state index in [1.165, 1.54) is 6.07 Å². The third-order valence-electron chi connectivity index (χ3n) is 6.30. The average Bonchev–Trinajstić information content (AvgIpc) is 3.48. The van der Waals surface area contributed by atoms with Crippen LogP contribution in [0.2, 0.25) is 10.0 Å². The molecule has 6 nitrogen and oxygen atoms in total. The normalized spacial score (nSPS) is 13.4. The summed E-state index contributed by atoms with van der Waals surface area (Å²) in [5.74, 6) is 0.676. The first-order valence-electron chi connectivity index (χ1n) is 12.4. The van der Waals surface area contributed by atoms with E-state index >= 15 is 0 Å². The Labute approximate surface area is 239 Å². The molecule has 5 aromatic rings. The number of ether oxygens (including phenoxy) is 3. The molecule has 198 valence electrons. The highest BCUT2D eigenvalue weighted by Gasteiger charge is 2.29. The second-order valence-electron chi connectivity index (χ2n) is 8.92. The van der Waals surface area contributed by atoms with Crippen molar-refractivity contribution in [1.29, 1.82) is 0 Å². The van der Waals surface area contributed by atoms with Gasteiger partial charge in [0.1, 0.15) is 34.2 Å². The van der Waals surface area contributed by atoms with Crippen molar-refractivity contribution in [2.24, 2.45) is 0 Å². The third kappa shape index (κ3) is 4.83. The molecule has 1 aromatic heterocycles. The van der Waals surface area contributed by atoms with Crippen LogP contribution in [0.3, 0.4) is 0 Å². The van der Waals surface area contributed by atoms with E-state index in [9.17, 15) is 9.59 Å². The van der Waals surface area contributed by atoms with Gasteiger partial charge in [-0.25, -0.2) is 4.79 Å². The van der Waals surface area contributed by atoms with Crippen LogP contribution in [0.25, 0.3) is 28.4 Å². The number of carbonyl (C=O) groups is 2. The van der Waals surface area contributed by atoms with Crippen LogP contribution in [-0.4, -0.2) is 18.4 Å². The molecular weight excluding hydrogens is 551 g/mol. The van der Waals surface area contributed by atoms with Crippen LogP contribution in [-0.2, 0) is 0 Å². The lowest BCUT2D eigenvalue weighted by atomic mass is 10.1. The van der Waals surface area contributed by atoms with Gasteiger partial charge in [0.25, 0.3) is 0 Å². The third-order valence-corrected chi connectivity index (χ3v) is 7.04. The summed E-state index contributed by atoms with van der Waals surface area (Å²) in [6.45, 7) is 2.36. The smallest absolute Gasteiger partial charge is 0.348 e. The largest absolute Gasteiger partial charge is 0.494 e. The Morgan fingerprint density at radius 1 is 0.900 bits per heavy atom. The van der Waals surface area contributed by atoms with Crippen LogP contribution in [0.5, 0.6) is 17.2 Å². The Hall–Kier alpha value is -4.52. The standard InChI is InChI=1S/C32H20Cl2O6/c1-2-37-20-10-13-26-23(16-20)29(31(40-26)19-6-4-3-5-7-19)32(36)38-21-9-11-22-27(17-21)39-28(30(22)35)15-18-8-12-24(33)25(34)14-18/h3-17H,2H2,1H3/b28-15-. The number of hydrogen-bond acceptors (Lipinski definition) is 6. The molecule has 0 radical (unpaired) electrons. The Morgan fingerprint density at radius 3 is 2.48 bits per heavy atom. The summed E-state index contributed by atoms with van der Waals surface area (Å²) < 4.78 is 23.4. The van der Waals surface area contributed by atoms with E-state index < -0.39 is 5.97 Å². The summed E-state index contributed by atoms with van der Waals surface area (Å²) in [6.07, 6.45) is 1.58. The molecule has 0 amide bonds. The maximum absolute atomic E-state index is 13.6. The molecule has 2 heterocycles. The monoisotopic (exact) mass is 570 g/mol. The van der Waals surface area contributed by atoms with Crippen molar-refractivity contribution in [2.45, 2.75) is 6.92 Å². The summed E-state index contributed by atoms with van der Waals surface area (Å²) >= 11 is 12.1. The van der Waals surface area contributed by atoms with Gasteiger partial charge in [-0.05, 0) is 61.0 Å². The quantitative estimate of drug-likeness (QED) is 0.115. The number of carbonyl (C=O) groups excluding carboxylic acids is 2. The minimum Gasteiger partial charge on any atom is -0.494 e. The van der Waals surface area contributed by atoms with E-state index in [1.807, 2.05) is 37.3 Å². The molecule has 0 spiro atoms. The van der Waals surface area contributed by atoms with Gasteiger partial charge in [0.2, 0.25) is 5.78 Å². The minimum absolute atomic E-state index is 0.118. The van der Waals surface area contributed by atoms with Gasteiger partial charge < -0.3 is 18.6 Å². The minimum atomic E-state index is -0.623. The highest BCUT2D eigenvalue weighted by molar-refractivity contribution is 6.42. The molecule has 0 fully saturated rings. The van der Waals surface area contributed by atoms with Gasteiger partial charge in [0, 0.05) is 17.0 Å². The Morgan fingerprint density at radius 2 is 1.70 bits per heavy atom. The highest BCUT2D eigenvalue weighted by atomic mass is 35.5. The maximum atomic E-state index is 13.6. The molecule has 0 N–H and O–H groups in total. The second-order valence-corrected chi connectivity index (χ2v) is 9.74. The molecule has 0 atom stereocenters. The molecule has 6 rings (SSSR count). The van der Waals surface area contributed by atoms with Crippen LogP contribution in [0, 0.1) is 0 Å². The number of halogens is 2. The zero-order valence-electron chi connectivity index (χ0n) is 21.1. The lowest BCUT2D eigenvalue weighted by Gasteiger charge is -2.07. The number of fused-ring (bicyclic) bond motifs is 2. The number of esters is 1. The summed E-state index contributed by atoms with van der Waals surface area (Å²) in [5.41, 5.74) is 2.52. The molecule has 1 aliphatic heterocycles. The van der Waals surface area contributed by atoms with Crippen LogP contribution >= 0.6 is 23.2 Å². The van der Waals surface area contributed by atoms with Crippen LogP contribution in [0.1, 0.15) is 33.2 Å². The molecule has 0 saturated carbocycles. The van der Waals surface area contributed by atoms with Gasteiger partial charge in [-0.15, -0.1) is 0 Å². The summed E-state index contributed by atoms with van der Waals surface area (Å²) in [5, 5.41) is 1.34. The molecule has 0 aliphatic carbocycles. The Bertz CT molecular complexity index is 1820. The zero-order chi connectivity index (χ0) is 27.8. The van der Waals surface area contributed by atoms with E-state index in [-0.39, 0.29) is 28.6 Å². The van der Waals surface area contributed by atoms with Crippen molar-refractivity contribution in [3.8, 4) is 28.6 Å². The average molecular weight is 571 g/mol. The van der Waals surface area contributed by atoms with Crippen LogP contribution < -0.4 is 14.2 Å². The lowest BCUT2D eigenvalue weighted by Crippen LogP contribution is -2.09. The fourth-order valence-corrected chi connectivity index (χ4v) is 4.78. The number of benzene rings is 4. The van der Waals surface area contributed by atoms with Crippen molar-refractivity contribution in [3.05, 3.63) is 117 Å². The first-order valence-corrected chi connectivity index (χ1v) is 13.2. The predicted molar refractivity (Wildman–Crippen MR) is 154 cm³/mol. The molecule has 1 aliphatic rings. The Kier molecular flexibility index (Phi) is 6.80. The lowest BCUT2D eigenvalue weighted by molar-refractivity contribution is 0.0736. The first kappa shape index (κ1) is 25.7. The topological polar surface area (TPSA) is 75.0 Å². The van der Waals surface area contributed by atoms with E-state index in [0.29, 0.717) is 50.3 Å². The fraction of sp³-hybridized carbons (Fsp3) is 0.0625. The van der Waals surface area contributed by atoms with Crippen molar-refractivity contribution in [2.75, 3.05) is 6.61 Å². The first-order chi connectivity index (χ1) is 19.4. The fourth-order valence-electron chi connectivity index (χ4n) is 4.47. The SMILES string of the molecule is CCOc1ccc2oc(-c3ccccc3)c(C(=O)Oc3ccc4c(c3)O/C(=C\c3ccc(Cl)c(Cl)c3)C4=O)c2c1. The van der Waals surface area contributed by atoms with Gasteiger partial charge in [-0.1, -0.05) is 59.6 Å². The summed E-state index contributed by atoms with van der Waals surface area (Å²) in [7, 11) is 0. The van der Waals surface area contributed by atoms with Gasteiger partial charge in [-0.2, -0.15) is 0 Å². The molecule has 0 bridgehead atoms. The van der Waals surface area contributed by atoms with Gasteiger partial charge in [-0.3, -0.25) is 4.79 Å². The van der Waals surface area contributed by atoms with Crippen molar-refractivity contribution >= 4 is 52.0 Å². The van der Waals surface area contributed by atoms with Gasteiger partial charge in [0.05, 0.1) is 22.2 Å². The Balaban J connectivity index is 1.33. The molecule has 0 saturated heterocycles. The number of allylic oxidation sites excluding steroid dienone is 1. The van der Waals surface area contributed by atoms with Crippen molar-refractivity contribution in [3.63, 3.8) is 0 Å². The highest BCUT2D eigenvalue weighted by Crippen LogP contribution is 2.38. The number of ketones is 1. The van der Waals surface area contributed by atoms with Crippen LogP contribution in [0.4, 0.5) is 0 Å². The molecule has 40 heavy (non-hydrogen) atoms. The van der Waals surface area contributed by atoms with E-state index in [1.54, 1.807) is 54.6 Å². The molecular formula is C32H20Cl2O6. The van der Waals surface area contributed by atoms with E-state index in [0.717, 1.165) is 5.56 Å². The number of Topliss-reactive ketones (excluding diaryl/α,β-unsaturated/α-hetero) is 1.